The van der Waals surface area contributed by atoms with Crippen LogP contribution in [0.2, 0.25) is 10.0 Å². The quantitative estimate of drug-likeness (QED) is 0.555. The number of aliphatic hydroxyl groups excluding tert-OH is 1. The van der Waals surface area contributed by atoms with Gasteiger partial charge < -0.3 is 29.0 Å². The molecule has 1 saturated heterocycles. The number of halogens is 2. The largest absolute Gasteiger partial charge is 0.496 e. The Labute approximate surface area is 233 Å². The number of carbonyl (C=O) groups is 1. The van der Waals surface area contributed by atoms with Crippen LogP contribution in [0, 0.1) is 13.8 Å². The SMILES string of the molecule is CCN1C2Cc3c(OC)c(C)c(OC)c(Cl)c3C1[C@@H]1Cc3c(Cl)c(C)c(OC)c(OC)c3[C@H](CO)N1C2=O. The molecule has 5 rings (SSSR count). The Morgan fingerprint density at radius 3 is 2.03 bits per heavy atom. The predicted octanol–water partition coefficient (Wildman–Crippen LogP) is 4.43. The van der Waals surface area contributed by atoms with Gasteiger partial charge in [0.25, 0.3) is 0 Å². The van der Waals surface area contributed by atoms with Crippen LogP contribution in [0.15, 0.2) is 0 Å². The molecule has 206 valence electrons. The molecule has 8 nitrogen and oxygen atoms in total. The molecule has 4 atom stereocenters. The highest BCUT2D eigenvalue weighted by Gasteiger charge is 2.56. The van der Waals surface area contributed by atoms with Crippen LogP contribution < -0.4 is 18.9 Å². The zero-order valence-corrected chi connectivity index (χ0v) is 24.3. The highest BCUT2D eigenvalue weighted by molar-refractivity contribution is 6.33. The maximum Gasteiger partial charge on any atom is 0.241 e. The number of rotatable bonds is 6. The van der Waals surface area contributed by atoms with E-state index in [2.05, 4.69) is 11.8 Å². The third-order valence-electron chi connectivity index (χ3n) is 8.58. The molecule has 1 fully saturated rings. The van der Waals surface area contributed by atoms with E-state index in [1.165, 1.54) is 0 Å². The maximum atomic E-state index is 14.3. The smallest absolute Gasteiger partial charge is 0.241 e. The van der Waals surface area contributed by atoms with Crippen LogP contribution in [-0.4, -0.2) is 74.5 Å². The Morgan fingerprint density at radius 2 is 1.47 bits per heavy atom. The Bertz CT molecular complexity index is 1320. The van der Waals surface area contributed by atoms with Crippen molar-refractivity contribution in [2.75, 3.05) is 41.6 Å². The Morgan fingerprint density at radius 1 is 0.842 bits per heavy atom. The first-order valence-corrected chi connectivity index (χ1v) is 13.5. The molecule has 0 radical (unpaired) electrons. The molecule has 1 N–H and O–H groups in total. The topological polar surface area (TPSA) is 80.7 Å². The maximum absolute atomic E-state index is 14.3. The van der Waals surface area contributed by atoms with Gasteiger partial charge in [-0.15, -0.1) is 0 Å². The molecule has 3 heterocycles. The highest BCUT2D eigenvalue weighted by atomic mass is 35.5. The van der Waals surface area contributed by atoms with Crippen LogP contribution in [0.4, 0.5) is 0 Å². The molecule has 0 aromatic heterocycles. The summed E-state index contributed by atoms with van der Waals surface area (Å²) in [5, 5.41) is 11.8. The van der Waals surface area contributed by atoms with Gasteiger partial charge in [-0.3, -0.25) is 9.69 Å². The molecule has 0 saturated carbocycles. The number of likely N-dealkylation sites (N-methyl/N-ethyl adjacent to an activating group) is 1. The molecule has 2 aromatic carbocycles. The van der Waals surface area contributed by atoms with E-state index in [0.717, 1.165) is 27.8 Å². The van der Waals surface area contributed by atoms with Crippen molar-refractivity contribution in [1.29, 1.82) is 0 Å². The number of hydrogen-bond donors (Lipinski definition) is 1. The van der Waals surface area contributed by atoms with Gasteiger partial charge in [0.2, 0.25) is 5.91 Å². The lowest BCUT2D eigenvalue weighted by molar-refractivity contribution is -0.160. The lowest BCUT2D eigenvalue weighted by Crippen LogP contribution is -2.67. The summed E-state index contributed by atoms with van der Waals surface area (Å²) < 4.78 is 23.1. The summed E-state index contributed by atoms with van der Waals surface area (Å²) in [7, 11) is 6.35. The van der Waals surface area contributed by atoms with Crippen molar-refractivity contribution >= 4 is 29.1 Å². The zero-order valence-electron chi connectivity index (χ0n) is 22.8. The summed E-state index contributed by atoms with van der Waals surface area (Å²) >= 11 is 14.1. The van der Waals surface area contributed by atoms with Gasteiger partial charge in [0.15, 0.2) is 11.5 Å². The molecule has 38 heavy (non-hydrogen) atoms. The fourth-order valence-electron chi connectivity index (χ4n) is 7.12. The van der Waals surface area contributed by atoms with E-state index in [9.17, 15) is 9.90 Å². The van der Waals surface area contributed by atoms with Crippen molar-refractivity contribution in [1.82, 2.24) is 9.80 Å². The second-order valence-corrected chi connectivity index (χ2v) is 10.8. The second-order valence-electron chi connectivity index (χ2n) is 10.0. The number of nitrogens with zero attached hydrogens (tertiary/aromatic N) is 2. The average Bonchev–Trinajstić information content (AvgIpc) is 2.92. The average molecular weight is 565 g/mol. The van der Waals surface area contributed by atoms with Crippen LogP contribution in [0.25, 0.3) is 0 Å². The van der Waals surface area contributed by atoms with Crippen molar-refractivity contribution < 1.29 is 28.8 Å². The standard InChI is InChI=1S/C28H34Cl2N2O6/c1-8-31-17-10-15-20(22(30)25(36-5)13(3)24(15)35-4)23(31)16-9-14-19(18(11-33)32(16)28(17)34)27(38-7)26(37-6)12(2)21(14)29/h16-18,23,33H,8-11H2,1-7H3/t16-,17?,18-,23?/m0/s1. The van der Waals surface area contributed by atoms with Crippen LogP contribution in [0.5, 0.6) is 23.0 Å². The van der Waals surface area contributed by atoms with Crippen molar-refractivity contribution in [2.45, 2.75) is 57.8 Å². The van der Waals surface area contributed by atoms with Crippen LogP contribution in [0.1, 0.15) is 52.4 Å². The molecule has 2 unspecified atom stereocenters. The fourth-order valence-corrected chi connectivity index (χ4v) is 7.82. The van der Waals surface area contributed by atoms with E-state index in [0.29, 0.717) is 58.0 Å². The van der Waals surface area contributed by atoms with Gasteiger partial charge in [-0.25, -0.2) is 0 Å². The van der Waals surface area contributed by atoms with Gasteiger partial charge in [0.1, 0.15) is 11.5 Å². The fraction of sp³-hybridized carbons (Fsp3) is 0.536. The minimum absolute atomic E-state index is 0.0483. The van der Waals surface area contributed by atoms with E-state index in [1.54, 1.807) is 28.4 Å². The number of fused-ring (bicyclic) bond motifs is 7. The summed E-state index contributed by atoms with van der Waals surface area (Å²) in [5.41, 5.74) is 4.94. The van der Waals surface area contributed by atoms with E-state index in [1.807, 2.05) is 18.7 Å². The monoisotopic (exact) mass is 564 g/mol. The molecule has 3 aliphatic heterocycles. The Hall–Kier alpha value is -2.39. The molecular weight excluding hydrogens is 531 g/mol. The number of hydrogen-bond acceptors (Lipinski definition) is 7. The molecule has 10 heteroatoms. The number of methoxy groups -OCH3 is 4. The highest BCUT2D eigenvalue weighted by Crippen LogP contribution is 2.57. The van der Waals surface area contributed by atoms with E-state index < -0.39 is 12.1 Å². The van der Waals surface area contributed by atoms with Crippen LogP contribution >= 0.6 is 23.2 Å². The zero-order chi connectivity index (χ0) is 27.6. The number of benzene rings is 2. The van der Waals surface area contributed by atoms with Crippen molar-refractivity contribution in [3.05, 3.63) is 43.4 Å². The first-order chi connectivity index (χ1) is 18.2. The summed E-state index contributed by atoms with van der Waals surface area (Å²) in [6, 6.07) is -1.69. The van der Waals surface area contributed by atoms with Gasteiger partial charge >= 0.3 is 0 Å². The summed E-state index contributed by atoms with van der Waals surface area (Å²) in [4.78, 5) is 18.3. The molecule has 1 amide bonds. The third kappa shape index (κ3) is 3.46. The van der Waals surface area contributed by atoms with Gasteiger partial charge in [-0.2, -0.15) is 0 Å². The molecule has 2 bridgehead atoms. The van der Waals surface area contributed by atoms with Crippen LogP contribution in [-0.2, 0) is 17.6 Å². The number of carbonyl (C=O) groups excluding carboxylic acids is 1. The van der Waals surface area contributed by atoms with E-state index in [-0.39, 0.29) is 24.6 Å². The number of amides is 1. The van der Waals surface area contributed by atoms with Gasteiger partial charge in [-0.05, 0) is 32.4 Å². The first-order valence-electron chi connectivity index (χ1n) is 12.8. The molecular formula is C28H34Cl2N2O6. The first kappa shape index (κ1) is 27.2. The number of aliphatic hydroxyl groups is 1. The van der Waals surface area contributed by atoms with E-state index >= 15 is 0 Å². The Balaban J connectivity index is 1.82. The van der Waals surface area contributed by atoms with Crippen molar-refractivity contribution in [2.24, 2.45) is 0 Å². The van der Waals surface area contributed by atoms with E-state index in [4.69, 9.17) is 42.1 Å². The normalized spacial score (nSPS) is 23.9. The summed E-state index contributed by atoms with van der Waals surface area (Å²) in [6.45, 7) is 6.21. The van der Waals surface area contributed by atoms with Gasteiger partial charge in [-0.1, -0.05) is 30.1 Å². The minimum Gasteiger partial charge on any atom is -0.496 e. The number of ether oxygens (including phenoxy) is 4. The lowest BCUT2D eigenvalue weighted by atomic mass is 9.73. The second kappa shape index (κ2) is 9.97. The van der Waals surface area contributed by atoms with Gasteiger partial charge in [0, 0.05) is 34.2 Å². The van der Waals surface area contributed by atoms with Crippen molar-refractivity contribution in [3.63, 3.8) is 0 Å². The molecule has 0 spiro atoms. The summed E-state index contributed by atoms with van der Waals surface area (Å²) in [5.74, 6) is 2.22. The summed E-state index contributed by atoms with van der Waals surface area (Å²) in [6.07, 6.45) is 0.898. The van der Waals surface area contributed by atoms with Crippen molar-refractivity contribution in [3.8, 4) is 23.0 Å². The Kier molecular flexibility index (Phi) is 7.14. The molecule has 2 aromatic rings. The van der Waals surface area contributed by atoms with Gasteiger partial charge in [0.05, 0.1) is 69.3 Å². The molecule has 0 aliphatic carbocycles. The minimum atomic E-state index is -0.656. The lowest BCUT2D eigenvalue weighted by Gasteiger charge is -2.58. The predicted molar refractivity (Wildman–Crippen MR) is 145 cm³/mol. The molecule has 3 aliphatic rings. The third-order valence-corrected chi connectivity index (χ3v) is 9.46. The number of piperazine rings is 1. The van der Waals surface area contributed by atoms with Crippen LogP contribution in [0.3, 0.4) is 0 Å².